The van der Waals surface area contributed by atoms with Gasteiger partial charge in [0.15, 0.2) is 0 Å². The van der Waals surface area contributed by atoms with E-state index in [1.54, 1.807) is 24.3 Å². The summed E-state index contributed by atoms with van der Waals surface area (Å²) in [5.74, 6) is 1.01. The van der Waals surface area contributed by atoms with Gasteiger partial charge in [-0.3, -0.25) is 0 Å². The summed E-state index contributed by atoms with van der Waals surface area (Å²) in [5.41, 5.74) is 1.95. The van der Waals surface area contributed by atoms with Gasteiger partial charge in [-0.05, 0) is 41.8 Å². The molecule has 0 aliphatic carbocycles. The summed E-state index contributed by atoms with van der Waals surface area (Å²) < 4.78 is 34.3. The molecule has 0 heterocycles. The van der Waals surface area contributed by atoms with Crippen LogP contribution in [0.4, 0.5) is 8.78 Å². The molecule has 0 amide bonds. The Morgan fingerprint density at radius 3 is 1.87 bits per heavy atom. The molecule has 0 N–H and O–H groups in total. The first kappa shape index (κ1) is 17.3. The summed E-state index contributed by atoms with van der Waals surface area (Å²) in [6.07, 6.45) is 4.73. The van der Waals surface area contributed by atoms with Crippen molar-refractivity contribution in [2.24, 2.45) is 0 Å². The molecule has 2 rings (SSSR count). The summed E-state index contributed by atoms with van der Waals surface area (Å²) in [7, 11) is 0. The molecule has 2 aromatic carbocycles. The maximum Gasteiger partial charge on any atom is 0.387 e. The van der Waals surface area contributed by atoms with Gasteiger partial charge in [-0.1, -0.05) is 50.5 Å². The van der Waals surface area contributed by atoms with Gasteiger partial charge in [0.2, 0.25) is 0 Å². The van der Waals surface area contributed by atoms with Crippen LogP contribution >= 0.6 is 0 Å². The Balaban J connectivity index is 1.88. The third-order valence-electron chi connectivity index (χ3n) is 3.53. The zero-order valence-electron chi connectivity index (χ0n) is 13.3. The van der Waals surface area contributed by atoms with E-state index in [9.17, 15) is 8.78 Å². The number of unbranched alkanes of at least 4 members (excludes halogenated alkanes) is 3. The van der Waals surface area contributed by atoms with E-state index in [1.807, 2.05) is 24.3 Å². The Kier molecular flexibility index (Phi) is 6.85. The summed E-state index contributed by atoms with van der Waals surface area (Å²) in [4.78, 5) is 0. The highest BCUT2D eigenvalue weighted by Crippen LogP contribution is 2.25. The van der Waals surface area contributed by atoms with E-state index in [1.165, 1.54) is 19.3 Å². The highest BCUT2D eigenvalue weighted by molar-refractivity contribution is 5.64. The number of ether oxygens (including phenoxy) is 2. The lowest BCUT2D eigenvalue weighted by Crippen LogP contribution is -2.01. The molecule has 0 unspecified atom stereocenters. The zero-order chi connectivity index (χ0) is 16.5. The Morgan fingerprint density at radius 1 is 0.783 bits per heavy atom. The summed E-state index contributed by atoms with van der Waals surface area (Å²) in [5, 5.41) is 0. The van der Waals surface area contributed by atoms with Crippen LogP contribution in [0, 0.1) is 0 Å². The lowest BCUT2D eigenvalue weighted by atomic mass is 10.1. The molecule has 0 aliphatic rings. The van der Waals surface area contributed by atoms with Gasteiger partial charge in [0, 0.05) is 0 Å². The number of hydrogen-bond donors (Lipinski definition) is 0. The van der Waals surface area contributed by atoms with Crippen LogP contribution in [0.5, 0.6) is 11.5 Å². The van der Waals surface area contributed by atoms with Gasteiger partial charge >= 0.3 is 6.61 Å². The normalized spacial score (nSPS) is 10.8. The minimum absolute atomic E-state index is 0.163. The lowest BCUT2D eigenvalue weighted by Gasteiger charge is -2.08. The Hall–Kier alpha value is -2.10. The highest BCUT2D eigenvalue weighted by atomic mass is 19.3. The smallest absolute Gasteiger partial charge is 0.387 e. The first-order chi connectivity index (χ1) is 11.2. The second-order valence-electron chi connectivity index (χ2n) is 5.34. The van der Waals surface area contributed by atoms with E-state index in [4.69, 9.17) is 4.74 Å². The average Bonchev–Trinajstić information content (AvgIpc) is 2.55. The van der Waals surface area contributed by atoms with E-state index < -0.39 is 6.61 Å². The fourth-order valence-corrected chi connectivity index (χ4v) is 2.29. The van der Waals surface area contributed by atoms with E-state index in [0.717, 1.165) is 29.9 Å². The molecular weight excluding hydrogens is 298 g/mol. The number of rotatable bonds is 9. The van der Waals surface area contributed by atoms with Crippen molar-refractivity contribution in [1.29, 1.82) is 0 Å². The molecule has 0 saturated carbocycles. The fourth-order valence-electron chi connectivity index (χ4n) is 2.29. The third kappa shape index (κ3) is 5.89. The SMILES string of the molecule is CCCCCCOc1ccc(-c2ccc(OC(F)F)cc2)cc1. The predicted octanol–water partition coefficient (Wildman–Crippen LogP) is 5.91. The molecule has 4 heteroatoms. The Labute approximate surface area is 136 Å². The second kappa shape index (κ2) is 9.13. The predicted molar refractivity (Wildman–Crippen MR) is 88.1 cm³/mol. The van der Waals surface area contributed by atoms with Gasteiger partial charge in [0.1, 0.15) is 11.5 Å². The second-order valence-corrected chi connectivity index (χ2v) is 5.34. The molecule has 0 fully saturated rings. The lowest BCUT2D eigenvalue weighted by molar-refractivity contribution is -0.0498. The minimum atomic E-state index is -2.80. The van der Waals surface area contributed by atoms with Crippen molar-refractivity contribution in [3.8, 4) is 22.6 Å². The third-order valence-corrected chi connectivity index (χ3v) is 3.53. The maximum atomic E-state index is 12.1. The van der Waals surface area contributed by atoms with Crippen molar-refractivity contribution < 1.29 is 18.3 Å². The summed E-state index contributed by atoms with van der Waals surface area (Å²) >= 11 is 0. The van der Waals surface area contributed by atoms with Crippen molar-refractivity contribution >= 4 is 0 Å². The number of halogens is 2. The monoisotopic (exact) mass is 320 g/mol. The van der Waals surface area contributed by atoms with E-state index in [-0.39, 0.29) is 5.75 Å². The van der Waals surface area contributed by atoms with E-state index in [0.29, 0.717) is 0 Å². The minimum Gasteiger partial charge on any atom is -0.494 e. The van der Waals surface area contributed by atoms with Crippen molar-refractivity contribution in [3.63, 3.8) is 0 Å². The van der Waals surface area contributed by atoms with Crippen LogP contribution in [0.15, 0.2) is 48.5 Å². The van der Waals surface area contributed by atoms with Crippen LogP contribution in [0.1, 0.15) is 32.6 Å². The van der Waals surface area contributed by atoms with Gasteiger partial charge in [-0.25, -0.2) is 0 Å². The fraction of sp³-hybridized carbons (Fsp3) is 0.368. The standard InChI is InChI=1S/C19H22F2O2/c1-2-3-4-5-14-22-17-10-6-15(7-11-17)16-8-12-18(13-9-16)23-19(20)21/h6-13,19H,2-5,14H2,1H3. The molecule has 0 radical (unpaired) electrons. The molecule has 124 valence electrons. The molecule has 2 aromatic rings. The van der Waals surface area contributed by atoms with Gasteiger partial charge in [-0.15, -0.1) is 0 Å². The number of benzene rings is 2. The van der Waals surface area contributed by atoms with E-state index in [2.05, 4.69) is 11.7 Å². The van der Waals surface area contributed by atoms with Crippen LogP contribution in [-0.4, -0.2) is 13.2 Å². The van der Waals surface area contributed by atoms with E-state index >= 15 is 0 Å². The zero-order valence-corrected chi connectivity index (χ0v) is 13.3. The van der Waals surface area contributed by atoms with Crippen molar-refractivity contribution in [2.75, 3.05) is 6.61 Å². The Bertz CT molecular complexity index is 565. The van der Waals surface area contributed by atoms with Crippen molar-refractivity contribution in [3.05, 3.63) is 48.5 Å². The van der Waals surface area contributed by atoms with Gasteiger partial charge in [0.25, 0.3) is 0 Å². The van der Waals surface area contributed by atoms with Crippen LogP contribution in [0.3, 0.4) is 0 Å². The molecule has 0 spiro atoms. The summed E-state index contributed by atoms with van der Waals surface area (Å²) in [6, 6.07) is 14.4. The van der Waals surface area contributed by atoms with Gasteiger partial charge in [-0.2, -0.15) is 8.78 Å². The molecule has 0 bridgehead atoms. The van der Waals surface area contributed by atoms with Crippen LogP contribution in [0.2, 0.25) is 0 Å². The molecular formula is C19H22F2O2. The van der Waals surface area contributed by atoms with Gasteiger partial charge in [0.05, 0.1) is 6.61 Å². The largest absolute Gasteiger partial charge is 0.494 e. The van der Waals surface area contributed by atoms with Gasteiger partial charge < -0.3 is 9.47 Å². The summed E-state index contributed by atoms with van der Waals surface area (Å²) in [6.45, 7) is 0.125. The molecule has 0 saturated heterocycles. The maximum absolute atomic E-state index is 12.1. The topological polar surface area (TPSA) is 18.5 Å². The molecule has 0 atom stereocenters. The van der Waals surface area contributed by atoms with Crippen molar-refractivity contribution in [2.45, 2.75) is 39.2 Å². The molecule has 2 nitrogen and oxygen atoms in total. The van der Waals surface area contributed by atoms with Crippen LogP contribution < -0.4 is 9.47 Å². The quantitative estimate of drug-likeness (QED) is 0.534. The number of hydrogen-bond acceptors (Lipinski definition) is 2. The van der Waals surface area contributed by atoms with Crippen LogP contribution in [-0.2, 0) is 0 Å². The molecule has 0 aliphatic heterocycles. The molecule has 0 aromatic heterocycles. The first-order valence-electron chi connectivity index (χ1n) is 7.97. The van der Waals surface area contributed by atoms with Crippen LogP contribution in [0.25, 0.3) is 11.1 Å². The average molecular weight is 320 g/mol. The number of alkyl halides is 2. The first-order valence-corrected chi connectivity index (χ1v) is 7.97. The Morgan fingerprint density at radius 2 is 1.35 bits per heavy atom. The van der Waals surface area contributed by atoms with Crippen molar-refractivity contribution in [1.82, 2.24) is 0 Å². The molecule has 23 heavy (non-hydrogen) atoms. The highest BCUT2D eigenvalue weighted by Gasteiger charge is 2.04.